The van der Waals surface area contributed by atoms with E-state index in [0.717, 1.165) is 41.9 Å². The second-order valence-corrected chi connectivity index (χ2v) is 6.56. The summed E-state index contributed by atoms with van der Waals surface area (Å²) in [6.45, 7) is 4.29. The molecule has 0 bridgehead atoms. The van der Waals surface area contributed by atoms with Crippen molar-refractivity contribution < 1.29 is 0 Å². The number of hydrogen-bond acceptors (Lipinski definition) is 5. The van der Waals surface area contributed by atoms with Crippen LogP contribution in [0.2, 0.25) is 0 Å². The van der Waals surface area contributed by atoms with Gasteiger partial charge >= 0.3 is 0 Å². The molecule has 6 heteroatoms. The summed E-state index contributed by atoms with van der Waals surface area (Å²) >= 11 is 6.83. The molecule has 3 rings (SSSR count). The summed E-state index contributed by atoms with van der Waals surface area (Å²) in [5.41, 5.74) is 6.97. The molecule has 4 nitrogen and oxygen atoms in total. The largest absolute Gasteiger partial charge is 0.389 e. The van der Waals surface area contributed by atoms with E-state index in [9.17, 15) is 0 Å². The first kappa shape index (κ1) is 12.3. The number of likely N-dealkylation sites (N-methyl/N-ethyl adjacent to an activating group) is 1. The molecule has 1 aliphatic carbocycles. The standard InChI is InChI=1S/C12H18N4S2/c1-15-4-6-16(7-5-15)12-14-9(8-2-3-8)10(18-12)11(13)17/h8H,2-7H2,1H3,(H2,13,17). The van der Waals surface area contributed by atoms with Crippen LogP contribution in [0, 0.1) is 0 Å². The van der Waals surface area contributed by atoms with E-state index in [4.69, 9.17) is 22.9 Å². The van der Waals surface area contributed by atoms with E-state index < -0.39 is 0 Å². The minimum Gasteiger partial charge on any atom is -0.389 e. The van der Waals surface area contributed by atoms with Gasteiger partial charge in [0.1, 0.15) is 4.99 Å². The summed E-state index contributed by atoms with van der Waals surface area (Å²) in [7, 11) is 2.16. The second-order valence-electron chi connectivity index (χ2n) is 5.14. The van der Waals surface area contributed by atoms with Crippen molar-refractivity contribution in [3.63, 3.8) is 0 Å². The topological polar surface area (TPSA) is 45.4 Å². The molecule has 2 N–H and O–H groups in total. The quantitative estimate of drug-likeness (QED) is 0.849. The molecule has 1 aliphatic heterocycles. The second kappa shape index (κ2) is 4.75. The number of rotatable bonds is 3. The van der Waals surface area contributed by atoms with Gasteiger partial charge in [0.2, 0.25) is 0 Å². The van der Waals surface area contributed by atoms with E-state index in [1.165, 1.54) is 12.8 Å². The monoisotopic (exact) mass is 282 g/mol. The summed E-state index contributed by atoms with van der Waals surface area (Å²) in [6, 6.07) is 0. The van der Waals surface area contributed by atoms with Gasteiger partial charge in [-0.15, -0.1) is 0 Å². The van der Waals surface area contributed by atoms with Crippen LogP contribution in [-0.4, -0.2) is 48.1 Å². The van der Waals surface area contributed by atoms with Crippen LogP contribution in [0.4, 0.5) is 5.13 Å². The third-order valence-electron chi connectivity index (χ3n) is 3.60. The Morgan fingerprint density at radius 1 is 1.33 bits per heavy atom. The normalized spacial score (nSPS) is 21.3. The van der Waals surface area contributed by atoms with Gasteiger partial charge in [-0.1, -0.05) is 23.6 Å². The Hall–Kier alpha value is -0.720. The summed E-state index contributed by atoms with van der Waals surface area (Å²) in [5.74, 6) is 0.610. The Kier molecular flexibility index (Phi) is 3.25. The molecule has 2 fully saturated rings. The van der Waals surface area contributed by atoms with Crippen LogP contribution in [0.15, 0.2) is 0 Å². The minimum atomic E-state index is 0.509. The highest BCUT2D eigenvalue weighted by Gasteiger charge is 2.31. The van der Waals surface area contributed by atoms with Crippen LogP contribution in [-0.2, 0) is 0 Å². The van der Waals surface area contributed by atoms with Crippen LogP contribution in [0.25, 0.3) is 0 Å². The Morgan fingerprint density at radius 2 is 2.00 bits per heavy atom. The highest BCUT2D eigenvalue weighted by molar-refractivity contribution is 7.81. The van der Waals surface area contributed by atoms with Gasteiger partial charge in [0.25, 0.3) is 0 Å². The lowest BCUT2D eigenvalue weighted by molar-refractivity contribution is 0.312. The molecule has 1 saturated carbocycles. The molecule has 2 aliphatic rings. The van der Waals surface area contributed by atoms with Gasteiger partial charge < -0.3 is 15.5 Å². The molecule has 0 amide bonds. The van der Waals surface area contributed by atoms with E-state index in [1.54, 1.807) is 11.3 Å². The van der Waals surface area contributed by atoms with Gasteiger partial charge in [-0.2, -0.15) is 0 Å². The van der Waals surface area contributed by atoms with Crippen molar-refractivity contribution in [2.45, 2.75) is 18.8 Å². The van der Waals surface area contributed by atoms with Crippen LogP contribution in [0.1, 0.15) is 29.3 Å². The Morgan fingerprint density at radius 3 is 2.56 bits per heavy atom. The van der Waals surface area contributed by atoms with Crippen LogP contribution >= 0.6 is 23.6 Å². The number of piperazine rings is 1. The Labute approximate surface area is 117 Å². The molecule has 1 aromatic heterocycles. The zero-order valence-corrected chi connectivity index (χ0v) is 12.2. The first-order chi connectivity index (χ1) is 8.65. The Balaban J connectivity index is 1.84. The first-order valence-corrected chi connectivity index (χ1v) is 7.61. The lowest BCUT2D eigenvalue weighted by Crippen LogP contribution is -2.44. The van der Waals surface area contributed by atoms with Gasteiger partial charge in [0.15, 0.2) is 5.13 Å². The highest BCUT2D eigenvalue weighted by Crippen LogP contribution is 2.44. The summed E-state index contributed by atoms with van der Waals surface area (Å²) in [4.78, 5) is 11.1. The Bertz CT molecular complexity index is 459. The molecular weight excluding hydrogens is 264 g/mol. The maximum atomic E-state index is 5.82. The number of nitrogens with two attached hydrogens (primary N) is 1. The maximum absolute atomic E-state index is 5.82. The molecular formula is C12H18N4S2. The fourth-order valence-corrected chi connectivity index (χ4v) is 3.55. The molecule has 1 aromatic rings. The predicted molar refractivity (Wildman–Crippen MR) is 79.7 cm³/mol. The van der Waals surface area contributed by atoms with Crippen LogP contribution in [0.5, 0.6) is 0 Å². The number of thiazole rings is 1. The zero-order valence-electron chi connectivity index (χ0n) is 10.6. The zero-order chi connectivity index (χ0) is 12.7. The third-order valence-corrected chi connectivity index (χ3v) is 5.10. The SMILES string of the molecule is CN1CCN(c2nc(C3CC3)c(C(N)=S)s2)CC1. The van der Waals surface area contributed by atoms with Crippen molar-refractivity contribution in [2.75, 3.05) is 38.1 Å². The van der Waals surface area contributed by atoms with E-state index in [1.807, 2.05) is 0 Å². The van der Waals surface area contributed by atoms with Crippen molar-refractivity contribution in [3.8, 4) is 0 Å². The van der Waals surface area contributed by atoms with E-state index in [0.29, 0.717) is 10.9 Å². The average Bonchev–Trinajstić information content (AvgIpc) is 3.09. The van der Waals surface area contributed by atoms with Gasteiger partial charge in [-0.3, -0.25) is 0 Å². The van der Waals surface area contributed by atoms with E-state index >= 15 is 0 Å². The molecule has 2 heterocycles. The third kappa shape index (κ3) is 2.37. The average molecular weight is 282 g/mol. The number of aromatic nitrogens is 1. The molecule has 18 heavy (non-hydrogen) atoms. The van der Waals surface area contributed by atoms with E-state index in [2.05, 4.69) is 16.8 Å². The maximum Gasteiger partial charge on any atom is 0.186 e. The predicted octanol–water partition coefficient (Wildman–Crippen LogP) is 1.41. The molecule has 0 radical (unpaired) electrons. The minimum absolute atomic E-state index is 0.509. The number of nitrogens with zero attached hydrogens (tertiary/aromatic N) is 3. The molecule has 0 aromatic carbocycles. The van der Waals surface area contributed by atoms with Gasteiger partial charge in [0, 0.05) is 32.1 Å². The van der Waals surface area contributed by atoms with Crippen LogP contribution in [0.3, 0.4) is 0 Å². The number of thiocarbonyl (C=S) groups is 1. The van der Waals surface area contributed by atoms with Crippen molar-refractivity contribution in [2.24, 2.45) is 5.73 Å². The van der Waals surface area contributed by atoms with Crippen molar-refractivity contribution in [1.82, 2.24) is 9.88 Å². The summed E-state index contributed by atoms with van der Waals surface area (Å²) in [6.07, 6.45) is 2.48. The van der Waals surface area contributed by atoms with Crippen molar-refractivity contribution in [3.05, 3.63) is 10.6 Å². The van der Waals surface area contributed by atoms with Crippen molar-refractivity contribution >= 4 is 33.7 Å². The molecule has 0 spiro atoms. The van der Waals surface area contributed by atoms with Gasteiger partial charge in [0.05, 0.1) is 10.6 Å². The van der Waals surface area contributed by atoms with E-state index in [-0.39, 0.29) is 0 Å². The number of hydrogen-bond donors (Lipinski definition) is 1. The van der Waals surface area contributed by atoms with Gasteiger partial charge in [-0.05, 0) is 19.9 Å². The summed E-state index contributed by atoms with van der Waals surface area (Å²) in [5, 5.41) is 1.10. The fraction of sp³-hybridized carbons (Fsp3) is 0.667. The molecule has 0 unspecified atom stereocenters. The lowest BCUT2D eigenvalue weighted by atomic mass is 10.2. The fourth-order valence-electron chi connectivity index (χ4n) is 2.26. The lowest BCUT2D eigenvalue weighted by Gasteiger charge is -2.32. The van der Waals surface area contributed by atoms with Crippen molar-refractivity contribution in [1.29, 1.82) is 0 Å². The summed E-state index contributed by atoms with van der Waals surface area (Å²) < 4.78 is 0. The van der Waals surface area contributed by atoms with Gasteiger partial charge in [-0.25, -0.2) is 4.98 Å². The molecule has 98 valence electrons. The number of anilines is 1. The smallest absolute Gasteiger partial charge is 0.186 e. The van der Waals surface area contributed by atoms with Crippen LogP contribution < -0.4 is 10.6 Å². The molecule has 1 saturated heterocycles. The molecule has 0 atom stereocenters. The highest BCUT2D eigenvalue weighted by atomic mass is 32.1. The first-order valence-electron chi connectivity index (χ1n) is 6.39.